The third-order valence-corrected chi connectivity index (χ3v) is 2.72. The van der Waals surface area contributed by atoms with Crippen molar-refractivity contribution in [3.8, 4) is 0 Å². The molecule has 1 aromatic rings. The van der Waals surface area contributed by atoms with Crippen LogP contribution in [0, 0.1) is 0 Å². The second kappa shape index (κ2) is 5.41. The van der Waals surface area contributed by atoms with Crippen molar-refractivity contribution in [2.45, 2.75) is 19.0 Å². The van der Waals surface area contributed by atoms with E-state index in [1.165, 1.54) is 6.20 Å². The monoisotopic (exact) mass is 274 g/mol. The number of carbonyl (C=O) groups excluding carboxylic acids is 1. The van der Waals surface area contributed by atoms with Crippen LogP contribution in [0.1, 0.15) is 23.3 Å². The van der Waals surface area contributed by atoms with Gasteiger partial charge in [-0.3, -0.25) is 9.78 Å². The van der Waals surface area contributed by atoms with Gasteiger partial charge in [0.15, 0.2) is 0 Å². The summed E-state index contributed by atoms with van der Waals surface area (Å²) in [7, 11) is 0. The van der Waals surface area contributed by atoms with Crippen LogP contribution >= 0.6 is 0 Å². The molecule has 2 heterocycles. The lowest BCUT2D eigenvalue weighted by Gasteiger charge is -2.15. The maximum absolute atomic E-state index is 12.1. The summed E-state index contributed by atoms with van der Waals surface area (Å²) in [5.74, 6) is -0.344. The minimum Gasteiger partial charge on any atom is -0.360 e. The molecule has 0 unspecified atom stereocenters. The van der Waals surface area contributed by atoms with Gasteiger partial charge in [0.2, 0.25) is 0 Å². The average Bonchev–Trinajstić information content (AvgIpc) is 2.89. The van der Waals surface area contributed by atoms with Crippen LogP contribution in [0.15, 0.2) is 12.4 Å². The molecular formula is C11H13F3N4O. The molecule has 0 radical (unpaired) electrons. The van der Waals surface area contributed by atoms with Crippen molar-refractivity contribution in [3.05, 3.63) is 18.1 Å². The number of carbonyl (C=O) groups is 1. The van der Waals surface area contributed by atoms with Gasteiger partial charge in [-0.05, 0) is 12.8 Å². The number of aromatic nitrogens is 2. The predicted molar refractivity (Wildman–Crippen MR) is 61.7 cm³/mol. The number of nitrogens with zero attached hydrogens (tertiary/aromatic N) is 3. The van der Waals surface area contributed by atoms with Gasteiger partial charge in [0.25, 0.3) is 5.91 Å². The molecule has 0 aliphatic carbocycles. The highest BCUT2D eigenvalue weighted by atomic mass is 19.4. The summed E-state index contributed by atoms with van der Waals surface area (Å²) in [6.45, 7) is 0.102. The molecule has 19 heavy (non-hydrogen) atoms. The molecule has 2 rings (SSSR count). The maximum Gasteiger partial charge on any atom is 0.405 e. The van der Waals surface area contributed by atoms with Gasteiger partial charge in [0.05, 0.1) is 12.4 Å². The number of halogens is 3. The normalized spacial score (nSPS) is 15.6. The zero-order valence-electron chi connectivity index (χ0n) is 10.1. The summed E-state index contributed by atoms with van der Waals surface area (Å²) in [5, 5.41) is 2.10. The summed E-state index contributed by atoms with van der Waals surface area (Å²) >= 11 is 0. The number of nitrogens with one attached hydrogen (secondary N) is 1. The molecule has 104 valence electrons. The van der Waals surface area contributed by atoms with Crippen LogP contribution in [-0.2, 0) is 0 Å². The van der Waals surface area contributed by atoms with Crippen molar-refractivity contribution in [1.29, 1.82) is 0 Å². The quantitative estimate of drug-likeness (QED) is 0.911. The van der Waals surface area contributed by atoms with E-state index < -0.39 is 12.7 Å². The van der Waals surface area contributed by atoms with Crippen LogP contribution in [0.2, 0.25) is 0 Å². The Labute approximate surface area is 107 Å². The molecule has 5 nitrogen and oxygen atoms in total. The van der Waals surface area contributed by atoms with Crippen molar-refractivity contribution in [2.75, 3.05) is 25.0 Å². The van der Waals surface area contributed by atoms with Crippen molar-refractivity contribution >= 4 is 11.7 Å². The van der Waals surface area contributed by atoms with Gasteiger partial charge in [0, 0.05) is 13.1 Å². The van der Waals surface area contributed by atoms with Gasteiger partial charge >= 0.3 is 6.18 Å². The molecule has 0 spiro atoms. The molecule has 0 aromatic carbocycles. The minimum absolute atomic E-state index is 0.0534. The topological polar surface area (TPSA) is 58.1 Å². The minimum atomic E-state index is -4.34. The Morgan fingerprint density at radius 3 is 2.63 bits per heavy atom. The van der Waals surface area contributed by atoms with E-state index in [-0.39, 0.29) is 17.4 Å². The van der Waals surface area contributed by atoms with Gasteiger partial charge in [0.1, 0.15) is 18.1 Å². The number of likely N-dealkylation sites (tertiary alicyclic amines) is 1. The van der Waals surface area contributed by atoms with Crippen LogP contribution in [0.3, 0.4) is 0 Å². The SMILES string of the molecule is O=C(c1cncc(NCC(F)(F)F)n1)N1CCCC1. The van der Waals surface area contributed by atoms with E-state index in [9.17, 15) is 18.0 Å². The molecule has 0 saturated carbocycles. The molecule has 0 atom stereocenters. The Morgan fingerprint density at radius 1 is 1.32 bits per heavy atom. The number of alkyl halides is 3. The van der Waals surface area contributed by atoms with Crippen molar-refractivity contribution in [3.63, 3.8) is 0 Å². The van der Waals surface area contributed by atoms with E-state index in [2.05, 4.69) is 15.3 Å². The van der Waals surface area contributed by atoms with E-state index in [4.69, 9.17) is 0 Å². The molecule has 1 N–H and O–H groups in total. The Morgan fingerprint density at radius 2 is 2.00 bits per heavy atom. The average molecular weight is 274 g/mol. The molecule has 1 amide bonds. The zero-order valence-corrected chi connectivity index (χ0v) is 10.1. The Balaban J connectivity index is 2.04. The van der Waals surface area contributed by atoms with Crippen LogP contribution < -0.4 is 5.32 Å². The Bertz CT molecular complexity index is 457. The Hall–Kier alpha value is -1.86. The molecule has 1 aromatic heterocycles. The van der Waals surface area contributed by atoms with Crippen molar-refractivity contribution in [2.24, 2.45) is 0 Å². The third-order valence-electron chi connectivity index (χ3n) is 2.72. The largest absolute Gasteiger partial charge is 0.405 e. The lowest BCUT2D eigenvalue weighted by Crippen LogP contribution is -2.29. The standard InChI is InChI=1S/C11H13F3N4O/c12-11(13,14)7-16-9-6-15-5-8(17-9)10(19)18-3-1-2-4-18/h5-6H,1-4,7H2,(H,16,17). The van der Waals surface area contributed by atoms with E-state index >= 15 is 0 Å². The second-order valence-electron chi connectivity index (χ2n) is 4.26. The third kappa shape index (κ3) is 3.80. The fraction of sp³-hybridized carbons (Fsp3) is 0.545. The first-order chi connectivity index (χ1) is 8.96. The lowest BCUT2D eigenvalue weighted by molar-refractivity contribution is -0.115. The first-order valence-electron chi connectivity index (χ1n) is 5.88. The van der Waals surface area contributed by atoms with Crippen molar-refractivity contribution in [1.82, 2.24) is 14.9 Å². The van der Waals surface area contributed by atoms with Gasteiger partial charge < -0.3 is 10.2 Å². The van der Waals surface area contributed by atoms with E-state index in [0.29, 0.717) is 13.1 Å². The maximum atomic E-state index is 12.1. The van der Waals surface area contributed by atoms with Crippen molar-refractivity contribution < 1.29 is 18.0 Å². The number of hydrogen-bond acceptors (Lipinski definition) is 4. The van der Waals surface area contributed by atoms with Crippen LogP contribution in [-0.4, -0.2) is 46.6 Å². The van der Waals surface area contributed by atoms with Gasteiger partial charge in [-0.1, -0.05) is 0 Å². The summed E-state index contributed by atoms with van der Waals surface area (Å²) in [5.41, 5.74) is 0.0640. The van der Waals surface area contributed by atoms with E-state index in [1.807, 2.05) is 0 Å². The van der Waals surface area contributed by atoms with E-state index in [1.54, 1.807) is 4.90 Å². The first-order valence-corrected chi connectivity index (χ1v) is 5.88. The van der Waals surface area contributed by atoms with Crippen LogP contribution in [0.25, 0.3) is 0 Å². The summed E-state index contributed by atoms with van der Waals surface area (Å²) in [6.07, 6.45) is -0.0427. The number of amides is 1. The summed E-state index contributed by atoms with van der Waals surface area (Å²) < 4.78 is 36.2. The highest BCUT2D eigenvalue weighted by molar-refractivity contribution is 5.92. The fourth-order valence-electron chi connectivity index (χ4n) is 1.83. The molecule has 1 fully saturated rings. The first kappa shape index (κ1) is 13.6. The zero-order chi connectivity index (χ0) is 13.9. The smallest absolute Gasteiger partial charge is 0.360 e. The van der Waals surface area contributed by atoms with Gasteiger partial charge in [-0.25, -0.2) is 4.98 Å². The highest BCUT2D eigenvalue weighted by Gasteiger charge is 2.27. The fourth-order valence-corrected chi connectivity index (χ4v) is 1.83. The second-order valence-corrected chi connectivity index (χ2v) is 4.26. The molecule has 1 aliphatic rings. The Kier molecular flexibility index (Phi) is 3.87. The highest BCUT2D eigenvalue weighted by Crippen LogP contribution is 2.16. The number of hydrogen-bond donors (Lipinski definition) is 1. The molecule has 8 heteroatoms. The predicted octanol–water partition coefficient (Wildman–Crippen LogP) is 1.69. The molecule has 1 saturated heterocycles. The van der Waals surface area contributed by atoms with E-state index in [0.717, 1.165) is 19.0 Å². The number of anilines is 1. The van der Waals surface area contributed by atoms with Gasteiger partial charge in [-0.15, -0.1) is 0 Å². The molecule has 0 bridgehead atoms. The van der Waals surface area contributed by atoms with Crippen LogP contribution in [0.5, 0.6) is 0 Å². The lowest BCUT2D eigenvalue weighted by atomic mass is 10.4. The summed E-state index contributed by atoms with van der Waals surface area (Å²) in [6, 6.07) is 0. The van der Waals surface area contributed by atoms with Gasteiger partial charge in [-0.2, -0.15) is 13.2 Å². The molecule has 1 aliphatic heterocycles. The summed E-state index contributed by atoms with van der Waals surface area (Å²) in [4.78, 5) is 21.2. The molecular weight excluding hydrogens is 261 g/mol. The number of rotatable bonds is 3. The van der Waals surface area contributed by atoms with Crippen LogP contribution in [0.4, 0.5) is 19.0 Å².